The highest BCUT2D eigenvalue weighted by Gasteiger charge is 2.18. The Balaban J connectivity index is 2.11. The van der Waals surface area contributed by atoms with Crippen LogP contribution in [0, 0.1) is 0 Å². The molecule has 0 aromatic heterocycles. The molecule has 0 aliphatic carbocycles. The van der Waals surface area contributed by atoms with E-state index < -0.39 is 0 Å². The summed E-state index contributed by atoms with van der Waals surface area (Å²) < 4.78 is 16.4. The summed E-state index contributed by atoms with van der Waals surface area (Å²) in [6.07, 6.45) is -0.357. The Morgan fingerprint density at radius 1 is 1.39 bits per heavy atom. The second kappa shape index (κ2) is 5.93. The summed E-state index contributed by atoms with van der Waals surface area (Å²) >= 11 is 0. The highest BCUT2D eigenvalue weighted by atomic mass is 16.6. The highest BCUT2D eigenvalue weighted by Crippen LogP contribution is 2.40. The molecule has 2 N–H and O–H groups in total. The molecule has 0 spiro atoms. The molecule has 18 heavy (non-hydrogen) atoms. The van der Waals surface area contributed by atoms with E-state index in [2.05, 4.69) is 5.32 Å². The number of fused-ring (bicyclic) bond motifs is 1. The van der Waals surface area contributed by atoms with Gasteiger partial charge in [0.15, 0.2) is 11.5 Å². The van der Waals surface area contributed by atoms with E-state index in [4.69, 9.17) is 14.2 Å². The van der Waals surface area contributed by atoms with Gasteiger partial charge in [-0.15, -0.1) is 0 Å². The molecular formula is C13H19NO4. The first-order valence-electron chi connectivity index (χ1n) is 6.06. The van der Waals surface area contributed by atoms with Gasteiger partial charge in [0.25, 0.3) is 0 Å². The first-order valence-corrected chi connectivity index (χ1v) is 6.06. The van der Waals surface area contributed by atoms with E-state index in [9.17, 15) is 5.11 Å². The summed E-state index contributed by atoms with van der Waals surface area (Å²) in [4.78, 5) is 0. The Labute approximate surface area is 107 Å². The molecular weight excluding hydrogens is 234 g/mol. The smallest absolute Gasteiger partial charge is 0.203 e. The van der Waals surface area contributed by atoms with E-state index in [0.717, 1.165) is 11.3 Å². The predicted molar refractivity (Wildman–Crippen MR) is 67.4 cm³/mol. The summed E-state index contributed by atoms with van der Waals surface area (Å²) in [6.45, 7) is 4.05. The minimum Gasteiger partial charge on any atom is -0.493 e. The van der Waals surface area contributed by atoms with E-state index in [1.54, 1.807) is 14.0 Å². The normalized spacial score (nSPS) is 15.3. The molecule has 2 rings (SSSR count). The minimum atomic E-state index is -0.357. The summed E-state index contributed by atoms with van der Waals surface area (Å²) in [6, 6.07) is 3.86. The number of aliphatic hydroxyl groups is 1. The van der Waals surface area contributed by atoms with Gasteiger partial charge in [0, 0.05) is 13.1 Å². The quantitative estimate of drug-likeness (QED) is 0.817. The summed E-state index contributed by atoms with van der Waals surface area (Å²) in [5.41, 5.74) is 1.04. The van der Waals surface area contributed by atoms with Crippen LogP contribution in [-0.2, 0) is 6.54 Å². The van der Waals surface area contributed by atoms with Gasteiger partial charge in [-0.25, -0.2) is 0 Å². The number of aliphatic hydroxyl groups excluding tert-OH is 1. The Hall–Kier alpha value is -1.46. The first kappa shape index (κ1) is 13.0. The molecule has 0 amide bonds. The average molecular weight is 253 g/mol. The molecule has 1 atom stereocenters. The zero-order chi connectivity index (χ0) is 13.0. The summed E-state index contributed by atoms with van der Waals surface area (Å²) in [5, 5.41) is 12.3. The maximum atomic E-state index is 9.19. The van der Waals surface area contributed by atoms with Crippen molar-refractivity contribution in [3.63, 3.8) is 0 Å². The molecule has 0 saturated carbocycles. The predicted octanol–water partition coefficient (Wildman–Crippen LogP) is 0.937. The standard InChI is InChI=1S/C13H19NO4/c1-9(15)7-14-8-10-5-11(16-2)13-12(6-10)17-3-4-18-13/h5-6,9,14-15H,3-4,7-8H2,1-2H3. The lowest BCUT2D eigenvalue weighted by atomic mass is 10.1. The maximum Gasteiger partial charge on any atom is 0.203 e. The fourth-order valence-corrected chi connectivity index (χ4v) is 1.85. The molecule has 1 aromatic carbocycles. The summed E-state index contributed by atoms with van der Waals surface area (Å²) in [7, 11) is 1.61. The van der Waals surface area contributed by atoms with Gasteiger partial charge in [-0.1, -0.05) is 0 Å². The lowest BCUT2D eigenvalue weighted by Crippen LogP contribution is -2.24. The molecule has 1 heterocycles. The van der Waals surface area contributed by atoms with Gasteiger partial charge in [-0.3, -0.25) is 0 Å². The van der Waals surface area contributed by atoms with E-state index >= 15 is 0 Å². The zero-order valence-corrected chi connectivity index (χ0v) is 10.7. The van der Waals surface area contributed by atoms with Crippen molar-refractivity contribution >= 4 is 0 Å². The van der Waals surface area contributed by atoms with E-state index in [1.807, 2.05) is 12.1 Å². The fraction of sp³-hybridized carbons (Fsp3) is 0.538. The van der Waals surface area contributed by atoms with E-state index in [0.29, 0.717) is 37.8 Å². The Morgan fingerprint density at radius 2 is 2.17 bits per heavy atom. The molecule has 1 aliphatic rings. The number of nitrogens with one attached hydrogen (secondary N) is 1. The van der Waals surface area contributed by atoms with Gasteiger partial charge < -0.3 is 24.6 Å². The second-order valence-corrected chi connectivity index (χ2v) is 4.30. The molecule has 1 aromatic rings. The van der Waals surface area contributed by atoms with Gasteiger partial charge >= 0.3 is 0 Å². The van der Waals surface area contributed by atoms with Gasteiger partial charge in [-0.2, -0.15) is 0 Å². The zero-order valence-electron chi connectivity index (χ0n) is 10.7. The number of rotatable bonds is 5. The molecule has 100 valence electrons. The lowest BCUT2D eigenvalue weighted by Gasteiger charge is -2.21. The highest BCUT2D eigenvalue weighted by molar-refractivity contribution is 5.54. The van der Waals surface area contributed by atoms with Crippen LogP contribution in [-0.4, -0.2) is 38.1 Å². The number of hydrogen-bond donors (Lipinski definition) is 2. The third kappa shape index (κ3) is 3.05. The van der Waals surface area contributed by atoms with Crippen LogP contribution in [0.1, 0.15) is 12.5 Å². The lowest BCUT2D eigenvalue weighted by molar-refractivity contribution is 0.164. The number of ether oxygens (including phenoxy) is 3. The van der Waals surface area contributed by atoms with Gasteiger partial charge in [-0.05, 0) is 24.6 Å². The Morgan fingerprint density at radius 3 is 2.89 bits per heavy atom. The third-order valence-corrected chi connectivity index (χ3v) is 2.66. The van der Waals surface area contributed by atoms with Crippen molar-refractivity contribution in [2.45, 2.75) is 19.6 Å². The molecule has 0 radical (unpaired) electrons. The Bertz CT molecular complexity index is 389. The maximum absolute atomic E-state index is 9.19. The van der Waals surface area contributed by atoms with Crippen molar-refractivity contribution in [2.24, 2.45) is 0 Å². The van der Waals surface area contributed by atoms with Gasteiger partial charge in [0.2, 0.25) is 5.75 Å². The van der Waals surface area contributed by atoms with Crippen molar-refractivity contribution in [3.05, 3.63) is 17.7 Å². The van der Waals surface area contributed by atoms with Crippen LogP contribution in [0.2, 0.25) is 0 Å². The van der Waals surface area contributed by atoms with Crippen LogP contribution in [0.15, 0.2) is 12.1 Å². The second-order valence-electron chi connectivity index (χ2n) is 4.30. The molecule has 1 aliphatic heterocycles. The average Bonchev–Trinajstić information content (AvgIpc) is 2.37. The molecule has 5 heteroatoms. The van der Waals surface area contributed by atoms with Crippen molar-refractivity contribution < 1.29 is 19.3 Å². The summed E-state index contributed by atoms with van der Waals surface area (Å²) in [5.74, 6) is 2.07. The molecule has 0 bridgehead atoms. The molecule has 5 nitrogen and oxygen atoms in total. The van der Waals surface area contributed by atoms with Crippen LogP contribution in [0.4, 0.5) is 0 Å². The largest absolute Gasteiger partial charge is 0.493 e. The van der Waals surface area contributed by atoms with Crippen LogP contribution < -0.4 is 19.5 Å². The molecule has 0 fully saturated rings. The topological polar surface area (TPSA) is 60.0 Å². The fourth-order valence-electron chi connectivity index (χ4n) is 1.85. The van der Waals surface area contributed by atoms with E-state index in [1.165, 1.54) is 0 Å². The van der Waals surface area contributed by atoms with Crippen molar-refractivity contribution in [1.82, 2.24) is 5.32 Å². The number of hydrogen-bond acceptors (Lipinski definition) is 5. The molecule has 1 unspecified atom stereocenters. The number of benzene rings is 1. The van der Waals surface area contributed by atoms with Crippen molar-refractivity contribution in [3.8, 4) is 17.2 Å². The molecule has 0 saturated heterocycles. The third-order valence-electron chi connectivity index (χ3n) is 2.66. The Kier molecular flexibility index (Phi) is 4.28. The number of methoxy groups -OCH3 is 1. The van der Waals surface area contributed by atoms with E-state index in [-0.39, 0.29) is 6.10 Å². The van der Waals surface area contributed by atoms with Gasteiger partial charge in [0.05, 0.1) is 13.2 Å². The van der Waals surface area contributed by atoms with Crippen LogP contribution in [0.25, 0.3) is 0 Å². The minimum absolute atomic E-state index is 0.357. The van der Waals surface area contributed by atoms with Crippen molar-refractivity contribution in [2.75, 3.05) is 26.9 Å². The van der Waals surface area contributed by atoms with Crippen LogP contribution >= 0.6 is 0 Å². The van der Waals surface area contributed by atoms with Crippen LogP contribution in [0.5, 0.6) is 17.2 Å². The van der Waals surface area contributed by atoms with Crippen molar-refractivity contribution in [1.29, 1.82) is 0 Å². The van der Waals surface area contributed by atoms with Crippen LogP contribution in [0.3, 0.4) is 0 Å². The first-order chi connectivity index (χ1) is 8.70. The monoisotopic (exact) mass is 253 g/mol. The van der Waals surface area contributed by atoms with Gasteiger partial charge in [0.1, 0.15) is 13.2 Å². The SMILES string of the molecule is COc1cc(CNCC(C)O)cc2c1OCCO2.